The first kappa shape index (κ1) is 33.0. The second kappa shape index (κ2) is 13.2. The molecule has 3 aromatic carbocycles. The number of hydrogen-bond acceptors (Lipinski definition) is 3. The minimum Gasteiger partial charge on any atom is -0.329 e. The maximum atomic E-state index is 12.8. The Hall–Kier alpha value is -3.54. The molecule has 42 heavy (non-hydrogen) atoms. The van der Waals surface area contributed by atoms with Crippen LogP contribution in [0.1, 0.15) is 22.4 Å². The van der Waals surface area contributed by atoms with Crippen molar-refractivity contribution in [3.8, 4) is 11.1 Å². The smallest absolute Gasteiger partial charge is 0.329 e. The summed E-state index contributed by atoms with van der Waals surface area (Å²) in [7, 11) is 0. The lowest BCUT2D eigenvalue weighted by Gasteiger charge is -2.34. The molecule has 0 atom stereocenters. The molecule has 0 radical (unpaired) electrons. The molecule has 5 rings (SSSR count). The van der Waals surface area contributed by atoms with Crippen LogP contribution in [0.25, 0.3) is 11.1 Å². The number of imidazole rings is 1. The van der Waals surface area contributed by atoms with Crippen molar-refractivity contribution in [1.82, 2.24) is 14.5 Å². The molecule has 2 heterocycles. The minimum atomic E-state index is -4.43. The van der Waals surface area contributed by atoms with Crippen molar-refractivity contribution in [2.75, 3.05) is 24.5 Å². The third-order valence-electron chi connectivity index (χ3n) is 6.84. The number of rotatable bonds is 6. The van der Waals surface area contributed by atoms with E-state index in [0.717, 1.165) is 41.1 Å². The number of amides is 1. The van der Waals surface area contributed by atoms with E-state index in [0.29, 0.717) is 37.4 Å². The Balaban J connectivity index is 0.00000242. The molecular weight excluding hydrogens is 605 g/mol. The number of halogens is 8. The van der Waals surface area contributed by atoms with Gasteiger partial charge in [0, 0.05) is 38.1 Å². The van der Waals surface area contributed by atoms with E-state index in [9.17, 15) is 31.1 Å². The summed E-state index contributed by atoms with van der Waals surface area (Å²) in [5.41, 5.74) is 2.33. The Kier molecular flexibility index (Phi) is 10.3. The lowest BCUT2D eigenvalue weighted by atomic mass is 10.0. The molecule has 1 aliphatic heterocycles. The Morgan fingerprint density at radius 2 is 1.21 bits per heavy atom. The first-order valence-corrected chi connectivity index (χ1v) is 12.4. The summed E-state index contributed by atoms with van der Waals surface area (Å²) in [6, 6.07) is 17.1. The standard InChI is InChI=1S/C29H24F6N4O.2ClH/c30-28(31,32)23-7-5-22(6-8-23)21-3-1-20(2-4-21)16-38-19-36-15-26(38)17-37-13-14-39(27(40)18-37)25-11-9-24(10-12-25)29(33,34)35;;/h1-12,15,19H,13-14,16-18H2;2*1H. The molecule has 1 fully saturated rings. The van der Waals surface area contributed by atoms with Crippen molar-refractivity contribution in [2.45, 2.75) is 25.4 Å². The first-order chi connectivity index (χ1) is 19.0. The highest BCUT2D eigenvalue weighted by Gasteiger charge is 2.32. The van der Waals surface area contributed by atoms with Crippen LogP contribution in [-0.4, -0.2) is 40.0 Å². The number of alkyl halides is 6. The average molecular weight is 631 g/mol. The molecule has 0 saturated carbocycles. The Bertz CT molecular complexity index is 1470. The quantitative estimate of drug-likeness (QED) is 0.210. The second-order valence-corrected chi connectivity index (χ2v) is 9.59. The molecule has 1 aliphatic rings. The van der Waals surface area contributed by atoms with Crippen LogP contribution in [0.2, 0.25) is 0 Å². The summed E-state index contributed by atoms with van der Waals surface area (Å²) < 4.78 is 79.0. The topological polar surface area (TPSA) is 41.4 Å². The lowest BCUT2D eigenvalue weighted by Crippen LogP contribution is -2.50. The van der Waals surface area contributed by atoms with Gasteiger partial charge in [0.15, 0.2) is 0 Å². The van der Waals surface area contributed by atoms with Gasteiger partial charge in [0.05, 0.1) is 29.7 Å². The average Bonchev–Trinajstić information content (AvgIpc) is 3.34. The van der Waals surface area contributed by atoms with Crippen LogP contribution in [0.5, 0.6) is 0 Å². The molecule has 0 spiro atoms. The van der Waals surface area contributed by atoms with Gasteiger partial charge in [-0.1, -0.05) is 36.4 Å². The van der Waals surface area contributed by atoms with Crippen molar-refractivity contribution in [1.29, 1.82) is 0 Å². The van der Waals surface area contributed by atoms with Crippen LogP contribution in [0.4, 0.5) is 32.0 Å². The van der Waals surface area contributed by atoms with E-state index in [1.165, 1.54) is 29.2 Å². The van der Waals surface area contributed by atoms with Crippen LogP contribution >= 0.6 is 24.8 Å². The van der Waals surface area contributed by atoms with Gasteiger partial charge in [-0.25, -0.2) is 4.98 Å². The van der Waals surface area contributed by atoms with Crippen LogP contribution < -0.4 is 4.90 Å². The van der Waals surface area contributed by atoms with E-state index in [1.807, 2.05) is 33.7 Å². The third-order valence-corrected chi connectivity index (χ3v) is 6.84. The maximum Gasteiger partial charge on any atom is 0.416 e. The van der Waals surface area contributed by atoms with Crippen molar-refractivity contribution in [3.63, 3.8) is 0 Å². The van der Waals surface area contributed by atoms with Crippen molar-refractivity contribution in [3.05, 3.63) is 108 Å². The van der Waals surface area contributed by atoms with Crippen molar-refractivity contribution in [2.24, 2.45) is 0 Å². The molecule has 4 aromatic rings. The number of aromatic nitrogens is 2. The summed E-state index contributed by atoms with van der Waals surface area (Å²) in [4.78, 5) is 20.5. The number of piperazine rings is 1. The fourth-order valence-corrected chi connectivity index (χ4v) is 4.66. The van der Waals surface area contributed by atoms with Gasteiger partial charge in [-0.2, -0.15) is 26.3 Å². The number of anilines is 1. The number of carbonyl (C=O) groups excluding carboxylic acids is 1. The molecule has 0 aliphatic carbocycles. The van der Waals surface area contributed by atoms with Crippen LogP contribution in [0.3, 0.4) is 0 Å². The highest BCUT2D eigenvalue weighted by atomic mass is 35.5. The number of carbonyl (C=O) groups is 1. The normalized spacial score (nSPS) is 14.3. The van der Waals surface area contributed by atoms with Gasteiger partial charge in [-0.15, -0.1) is 24.8 Å². The van der Waals surface area contributed by atoms with Gasteiger partial charge in [-0.3, -0.25) is 9.69 Å². The zero-order valence-electron chi connectivity index (χ0n) is 21.9. The molecule has 0 unspecified atom stereocenters. The zero-order chi connectivity index (χ0) is 28.5. The van der Waals surface area contributed by atoms with Gasteiger partial charge >= 0.3 is 12.4 Å². The van der Waals surface area contributed by atoms with Crippen molar-refractivity contribution >= 4 is 36.4 Å². The number of hydrogen-bond donors (Lipinski definition) is 0. The fraction of sp³-hybridized carbons (Fsp3) is 0.241. The van der Waals surface area contributed by atoms with Gasteiger partial charge in [0.25, 0.3) is 0 Å². The van der Waals surface area contributed by atoms with Gasteiger partial charge < -0.3 is 9.47 Å². The molecule has 0 bridgehead atoms. The highest BCUT2D eigenvalue weighted by molar-refractivity contribution is 5.95. The highest BCUT2D eigenvalue weighted by Crippen LogP contribution is 2.32. The van der Waals surface area contributed by atoms with Crippen LogP contribution in [-0.2, 0) is 30.2 Å². The minimum absolute atomic E-state index is 0. The van der Waals surface area contributed by atoms with Crippen LogP contribution in [0.15, 0.2) is 85.3 Å². The third kappa shape index (κ3) is 7.64. The van der Waals surface area contributed by atoms with E-state index >= 15 is 0 Å². The summed E-state index contributed by atoms with van der Waals surface area (Å²) in [5, 5.41) is 0. The monoisotopic (exact) mass is 630 g/mol. The lowest BCUT2D eigenvalue weighted by molar-refractivity contribution is -0.138. The molecule has 1 amide bonds. The molecule has 1 saturated heterocycles. The van der Waals surface area contributed by atoms with Gasteiger partial charge in [0.2, 0.25) is 5.91 Å². The predicted octanol–water partition coefficient (Wildman–Crippen LogP) is 7.33. The fourth-order valence-electron chi connectivity index (χ4n) is 4.66. The summed E-state index contributed by atoms with van der Waals surface area (Å²) in [5.74, 6) is -0.198. The Morgan fingerprint density at radius 1 is 0.690 bits per heavy atom. The summed E-state index contributed by atoms with van der Waals surface area (Å²) in [6.07, 6.45) is -5.39. The Labute approximate surface area is 250 Å². The van der Waals surface area contributed by atoms with Crippen LogP contribution in [0, 0.1) is 0 Å². The largest absolute Gasteiger partial charge is 0.416 e. The summed E-state index contributed by atoms with van der Waals surface area (Å²) >= 11 is 0. The van der Waals surface area contributed by atoms with Gasteiger partial charge in [0.1, 0.15) is 0 Å². The summed E-state index contributed by atoms with van der Waals surface area (Å²) in [6.45, 7) is 2.00. The molecule has 224 valence electrons. The molecule has 13 heteroatoms. The van der Waals surface area contributed by atoms with E-state index in [2.05, 4.69) is 4.98 Å². The predicted molar refractivity (Wildman–Crippen MR) is 152 cm³/mol. The number of benzene rings is 3. The van der Waals surface area contributed by atoms with E-state index in [4.69, 9.17) is 0 Å². The SMILES string of the molecule is Cl.Cl.O=C1CN(Cc2cncn2Cc2ccc(-c3ccc(C(F)(F)F)cc3)cc2)CCN1c1ccc(C(F)(F)F)cc1. The molecular formula is C29H26Cl2F6N4O. The first-order valence-electron chi connectivity index (χ1n) is 12.4. The molecule has 0 N–H and O–H groups in total. The zero-order valence-corrected chi connectivity index (χ0v) is 23.5. The maximum absolute atomic E-state index is 12.8. The second-order valence-electron chi connectivity index (χ2n) is 9.59. The molecule has 1 aromatic heterocycles. The number of nitrogens with zero attached hydrogens (tertiary/aromatic N) is 4. The molecule has 5 nitrogen and oxygen atoms in total. The Morgan fingerprint density at radius 3 is 1.74 bits per heavy atom. The van der Waals surface area contributed by atoms with E-state index in [1.54, 1.807) is 12.5 Å². The van der Waals surface area contributed by atoms with E-state index in [-0.39, 0.29) is 37.3 Å². The van der Waals surface area contributed by atoms with Gasteiger partial charge in [-0.05, 0) is 53.1 Å². The van der Waals surface area contributed by atoms with E-state index < -0.39 is 23.5 Å². The van der Waals surface area contributed by atoms with Crippen molar-refractivity contribution < 1.29 is 31.1 Å².